The first-order valence-corrected chi connectivity index (χ1v) is 4.08. The number of pyridine rings is 1. The van der Waals surface area contributed by atoms with Gasteiger partial charge in [-0.3, -0.25) is 10.4 Å². The number of fused-ring (bicyclic) bond motifs is 1. The fourth-order valence-electron chi connectivity index (χ4n) is 1.39. The third kappa shape index (κ3) is 1.21. The highest BCUT2D eigenvalue weighted by atomic mass is 19.1. The molecule has 0 unspecified atom stereocenters. The number of amidine groups is 1. The number of halogens is 1. The average Bonchev–Trinajstić information content (AvgIpc) is 2.17. The maximum atomic E-state index is 13.4. The summed E-state index contributed by atoms with van der Waals surface area (Å²) in [6.45, 7) is 0. The lowest BCUT2D eigenvalue weighted by Gasteiger charge is -2.03. The topological polar surface area (TPSA) is 62.8 Å². The molecule has 2 aromatic rings. The first-order chi connectivity index (χ1) is 6.70. The number of nitrogens with one attached hydrogen (secondary N) is 1. The molecule has 4 heteroatoms. The Kier molecular flexibility index (Phi) is 1.89. The van der Waals surface area contributed by atoms with Crippen LogP contribution in [0.25, 0.3) is 10.8 Å². The normalized spacial score (nSPS) is 10.4. The molecule has 0 saturated carbocycles. The molecule has 0 amide bonds. The zero-order valence-electron chi connectivity index (χ0n) is 7.29. The summed E-state index contributed by atoms with van der Waals surface area (Å²) in [5.41, 5.74) is 5.50. The first kappa shape index (κ1) is 8.62. The molecule has 0 fully saturated rings. The molecule has 0 aliphatic heterocycles. The van der Waals surface area contributed by atoms with Gasteiger partial charge in [0.25, 0.3) is 0 Å². The van der Waals surface area contributed by atoms with Gasteiger partial charge in [0.2, 0.25) is 0 Å². The number of nitrogens with zero attached hydrogens (tertiary/aromatic N) is 1. The van der Waals surface area contributed by atoms with Crippen molar-refractivity contribution in [2.75, 3.05) is 0 Å². The number of hydrogen-bond acceptors (Lipinski definition) is 2. The van der Waals surface area contributed by atoms with E-state index in [1.54, 1.807) is 18.2 Å². The highest BCUT2D eigenvalue weighted by Gasteiger charge is 2.08. The van der Waals surface area contributed by atoms with Gasteiger partial charge in [0.1, 0.15) is 17.3 Å². The van der Waals surface area contributed by atoms with Crippen molar-refractivity contribution in [1.29, 1.82) is 5.41 Å². The molecular formula is C10H8FN3. The Morgan fingerprint density at radius 2 is 2.14 bits per heavy atom. The van der Waals surface area contributed by atoms with Gasteiger partial charge in [-0.25, -0.2) is 4.39 Å². The van der Waals surface area contributed by atoms with E-state index in [1.807, 2.05) is 0 Å². The highest BCUT2D eigenvalue weighted by Crippen LogP contribution is 2.19. The third-order valence-electron chi connectivity index (χ3n) is 2.00. The average molecular weight is 189 g/mol. The summed E-state index contributed by atoms with van der Waals surface area (Å²) >= 11 is 0. The van der Waals surface area contributed by atoms with Crippen LogP contribution >= 0.6 is 0 Å². The lowest BCUT2D eigenvalue weighted by Crippen LogP contribution is -2.14. The molecule has 70 valence electrons. The summed E-state index contributed by atoms with van der Waals surface area (Å²) in [6, 6.07) is 6.38. The molecule has 0 radical (unpaired) electrons. The van der Waals surface area contributed by atoms with Crippen LogP contribution in [0.2, 0.25) is 0 Å². The SMILES string of the molecule is N=C(N)c1nccc2cccc(F)c12. The van der Waals surface area contributed by atoms with Crippen LogP contribution < -0.4 is 5.73 Å². The summed E-state index contributed by atoms with van der Waals surface area (Å²) in [5.74, 6) is -0.624. The molecule has 3 N–H and O–H groups in total. The summed E-state index contributed by atoms with van der Waals surface area (Å²) in [5, 5.41) is 8.27. The Morgan fingerprint density at radius 3 is 2.86 bits per heavy atom. The van der Waals surface area contributed by atoms with Gasteiger partial charge < -0.3 is 5.73 Å². The van der Waals surface area contributed by atoms with Crippen LogP contribution in [0.15, 0.2) is 30.5 Å². The van der Waals surface area contributed by atoms with Crippen LogP contribution in [0.1, 0.15) is 5.69 Å². The van der Waals surface area contributed by atoms with Gasteiger partial charge in [0, 0.05) is 11.6 Å². The smallest absolute Gasteiger partial charge is 0.142 e. The monoisotopic (exact) mass is 189 g/mol. The van der Waals surface area contributed by atoms with Crippen molar-refractivity contribution in [1.82, 2.24) is 4.98 Å². The Balaban J connectivity index is 2.91. The van der Waals surface area contributed by atoms with Gasteiger partial charge in [-0.15, -0.1) is 0 Å². The van der Waals surface area contributed by atoms with E-state index in [-0.39, 0.29) is 11.5 Å². The molecule has 0 saturated heterocycles. The van der Waals surface area contributed by atoms with Gasteiger partial charge in [-0.2, -0.15) is 0 Å². The van der Waals surface area contributed by atoms with E-state index in [0.717, 1.165) is 0 Å². The van der Waals surface area contributed by atoms with E-state index in [1.165, 1.54) is 12.3 Å². The van der Waals surface area contributed by atoms with Crippen molar-refractivity contribution in [2.45, 2.75) is 0 Å². The fourth-order valence-corrected chi connectivity index (χ4v) is 1.39. The van der Waals surface area contributed by atoms with Crippen molar-refractivity contribution < 1.29 is 4.39 Å². The lowest BCUT2D eigenvalue weighted by atomic mass is 10.1. The van der Waals surface area contributed by atoms with E-state index in [0.29, 0.717) is 10.8 Å². The molecule has 2 rings (SSSR count). The maximum absolute atomic E-state index is 13.4. The molecule has 0 spiro atoms. The first-order valence-electron chi connectivity index (χ1n) is 4.08. The number of hydrogen-bond donors (Lipinski definition) is 2. The molecule has 0 bridgehead atoms. The van der Waals surface area contributed by atoms with Crippen LogP contribution in [0.3, 0.4) is 0 Å². The number of aromatic nitrogens is 1. The van der Waals surface area contributed by atoms with Crippen LogP contribution in [-0.2, 0) is 0 Å². The molecule has 0 aliphatic carbocycles. The van der Waals surface area contributed by atoms with Crippen LogP contribution in [-0.4, -0.2) is 10.8 Å². The number of rotatable bonds is 1. The summed E-state index contributed by atoms with van der Waals surface area (Å²) < 4.78 is 13.4. The standard InChI is InChI=1S/C10H8FN3/c11-7-3-1-2-6-4-5-14-9(8(6)7)10(12)13/h1-5H,(H3,12,13). The largest absolute Gasteiger partial charge is 0.382 e. The van der Waals surface area contributed by atoms with E-state index in [2.05, 4.69) is 4.98 Å². The van der Waals surface area contributed by atoms with Gasteiger partial charge in [-0.1, -0.05) is 12.1 Å². The molecule has 0 aliphatic rings. The van der Waals surface area contributed by atoms with Crippen LogP contribution in [0, 0.1) is 11.2 Å². The van der Waals surface area contributed by atoms with Crippen molar-refractivity contribution >= 4 is 16.6 Å². The third-order valence-corrected chi connectivity index (χ3v) is 2.00. The van der Waals surface area contributed by atoms with Crippen molar-refractivity contribution in [3.63, 3.8) is 0 Å². The van der Waals surface area contributed by atoms with Gasteiger partial charge in [-0.05, 0) is 17.5 Å². The van der Waals surface area contributed by atoms with E-state index < -0.39 is 5.82 Å². The quantitative estimate of drug-likeness (QED) is 0.529. The molecular weight excluding hydrogens is 181 g/mol. The van der Waals surface area contributed by atoms with Crippen LogP contribution in [0.4, 0.5) is 4.39 Å². The predicted octanol–water partition coefficient (Wildman–Crippen LogP) is 1.66. The minimum atomic E-state index is -0.402. The van der Waals surface area contributed by atoms with Crippen LogP contribution in [0.5, 0.6) is 0 Å². The predicted molar refractivity (Wildman–Crippen MR) is 52.7 cm³/mol. The Hall–Kier alpha value is -1.97. The van der Waals surface area contributed by atoms with Gasteiger partial charge in [0.15, 0.2) is 0 Å². The minimum absolute atomic E-state index is 0.195. The van der Waals surface area contributed by atoms with Crippen molar-refractivity contribution in [3.05, 3.63) is 42.0 Å². The zero-order valence-corrected chi connectivity index (χ0v) is 7.29. The molecule has 14 heavy (non-hydrogen) atoms. The van der Waals surface area contributed by atoms with Crippen molar-refractivity contribution in [2.24, 2.45) is 5.73 Å². The second-order valence-corrected chi connectivity index (χ2v) is 2.91. The number of nitrogen functional groups attached to an aromatic ring is 1. The Bertz CT molecular complexity index is 502. The second-order valence-electron chi connectivity index (χ2n) is 2.91. The van der Waals surface area contributed by atoms with Gasteiger partial charge >= 0.3 is 0 Å². The lowest BCUT2D eigenvalue weighted by molar-refractivity contribution is 0.639. The summed E-state index contributed by atoms with van der Waals surface area (Å²) in [6.07, 6.45) is 1.51. The van der Waals surface area contributed by atoms with E-state index in [9.17, 15) is 4.39 Å². The summed E-state index contributed by atoms with van der Waals surface area (Å²) in [7, 11) is 0. The molecule has 1 heterocycles. The Labute approximate surface area is 79.9 Å². The number of benzene rings is 1. The molecule has 0 atom stereocenters. The zero-order chi connectivity index (χ0) is 10.1. The van der Waals surface area contributed by atoms with Gasteiger partial charge in [0.05, 0.1) is 0 Å². The fraction of sp³-hybridized carbons (Fsp3) is 0. The minimum Gasteiger partial charge on any atom is -0.382 e. The molecule has 1 aromatic carbocycles. The number of nitrogens with two attached hydrogens (primary N) is 1. The summed E-state index contributed by atoms with van der Waals surface area (Å²) in [4.78, 5) is 3.88. The van der Waals surface area contributed by atoms with Crippen molar-refractivity contribution in [3.8, 4) is 0 Å². The van der Waals surface area contributed by atoms with E-state index >= 15 is 0 Å². The Morgan fingerprint density at radius 1 is 1.36 bits per heavy atom. The molecule has 3 nitrogen and oxygen atoms in total. The maximum Gasteiger partial charge on any atom is 0.142 e. The molecule has 1 aromatic heterocycles. The van der Waals surface area contributed by atoms with E-state index in [4.69, 9.17) is 11.1 Å². The highest BCUT2D eigenvalue weighted by molar-refractivity contribution is 6.05. The second kappa shape index (κ2) is 3.06.